The Bertz CT molecular complexity index is 890. The van der Waals surface area contributed by atoms with Gasteiger partial charge in [0.05, 0.1) is 12.5 Å². The van der Waals surface area contributed by atoms with Crippen LogP contribution in [-0.4, -0.2) is 21.9 Å². The first kappa shape index (κ1) is 26.6. The van der Waals surface area contributed by atoms with Crippen LogP contribution in [0.2, 0.25) is 0 Å². The number of thioether (sulfide) groups is 1. The van der Waals surface area contributed by atoms with E-state index in [1.807, 2.05) is 56.5 Å². The summed E-state index contributed by atoms with van der Waals surface area (Å²) >= 11 is 1.89. The van der Waals surface area contributed by atoms with Crippen LogP contribution in [0.25, 0.3) is 6.08 Å². The summed E-state index contributed by atoms with van der Waals surface area (Å²) in [5.41, 5.74) is 4.60. The number of rotatable bonds is 11. The molecule has 3 nitrogen and oxygen atoms in total. The molecule has 0 saturated heterocycles. The molecule has 0 radical (unpaired) electrons. The summed E-state index contributed by atoms with van der Waals surface area (Å²) in [6.07, 6.45) is 5.73. The van der Waals surface area contributed by atoms with E-state index in [2.05, 4.69) is 45.6 Å². The van der Waals surface area contributed by atoms with Crippen LogP contribution in [-0.2, 0) is 11.2 Å². The van der Waals surface area contributed by atoms with Gasteiger partial charge in [-0.2, -0.15) is 11.8 Å². The summed E-state index contributed by atoms with van der Waals surface area (Å²) in [4.78, 5) is 11.3. The lowest BCUT2D eigenvalue weighted by Crippen LogP contribution is -2.12. The third-order valence-corrected chi connectivity index (χ3v) is 7.71. The minimum Gasteiger partial charge on any atom is -0.481 e. The molecule has 2 aromatic rings. The molecule has 0 spiro atoms. The molecule has 3 atom stereocenters. The Labute approximate surface area is 199 Å². The van der Waals surface area contributed by atoms with Crippen LogP contribution >= 0.6 is 21.0 Å². The molecule has 2 unspecified atom stereocenters. The Morgan fingerprint density at radius 1 is 1.19 bits per heavy atom. The molecule has 1 aliphatic carbocycles. The quantitative estimate of drug-likeness (QED) is 0.338. The maximum absolute atomic E-state index is 11.3. The molecule has 0 amide bonds. The summed E-state index contributed by atoms with van der Waals surface area (Å²) in [5.74, 6) is 2.15. The summed E-state index contributed by atoms with van der Waals surface area (Å²) in [5, 5.41) is 19.7. The number of aliphatic hydroxyl groups is 1. The van der Waals surface area contributed by atoms with Crippen LogP contribution in [0.4, 0.5) is 0 Å². The lowest BCUT2D eigenvalue weighted by molar-refractivity contribution is -0.138. The van der Waals surface area contributed by atoms with Crippen LogP contribution in [0.5, 0.6) is 0 Å². The van der Waals surface area contributed by atoms with E-state index in [4.69, 9.17) is 0 Å². The second-order valence-electron chi connectivity index (χ2n) is 8.31. The number of aliphatic carboxylic acids is 1. The van der Waals surface area contributed by atoms with E-state index in [-0.39, 0.29) is 17.1 Å². The van der Waals surface area contributed by atoms with Gasteiger partial charge in [-0.15, -0.1) is 9.24 Å². The van der Waals surface area contributed by atoms with Crippen LogP contribution in [0.15, 0.2) is 54.3 Å². The second kappa shape index (κ2) is 13.2. The zero-order chi connectivity index (χ0) is 23.6. The van der Waals surface area contributed by atoms with Crippen molar-refractivity contribution in [1.82, 2.24) is 0 Å². The predicted octanol–water partition coefficient (Wildman–Crippen LogP) is 7.27. The van der Waals surface area contributed by atoms with Crippen molar-refractivity contribution in [2.45, 2.75) is 64.2 Å². The largest absolute Gasteiger partial charge is 0.481 e. The van der Waals surface area contributed by atoms with Crippen LogP contribution in [0, 0.1) is 5.41 Å². The zero-order valence-electron chi connectivity index (χ0n) is 19.5. The number of hydrogen-bond donors (Lipinski definition) is 2. The molecular weight excluding hydrogens is 435 g/mol. The maximum atomic E-state index is 11.3. The highest BCUT2D eigenvalue weighted by molar-refractivity contribution is 7.99. The molecule has 1 aliphatic rings. The summed E-state index contributed by atoms with van der Waals surface area (Å²) in [7, 11) is 2.61. The molecule has 174 valence electrons. The third kappa shape index (κ3) is 8.06. The highest BCUT2D eigenvalue weighted by Gasteiger charge is 2.44. The highest BCUT2D eigenvalue weighted by atomic mass is 32.2. The maximum Gasteiger partial charge on any atom is 0.303 e. The van der Waals surface area contributed by atoms with Crippen molar-refractivity contribution in [3.8, 4) is 0 Å². The zero-order valence-corrected chi connectivity index (χ0v) is 21.4. The Kier molecular flexibility index (Phi) is 11.0. The van der Waals surface area contributed by atoms with Gasteiger partial charge in [-0.25, -0.2) is 0 Å². The highest BCUT2D eigenvalue weighted by Crippen LogP contribution is 2.53. The molecule has 1 saturated carbocycles. The average molecular weight is 473 g/mol. The fraction of sp³-hybridized carbons (Fsp3) is 0.444. The Balaban J connectivity index is 0.00000176. The van der Waals surface area contributed by atoms with Crippen molar-refractivity contribution >= 4 is 33.0 Å². The average Bonchev–Trinajstić information content (AvgIpc) is 3.54. The van der Waals surface area contributed by atoms with Gasteiger partial charge in [0.25, 0.3) is 0 Å². The van der Waals surface area contributed by atoms with Crippen LogP contribution < -0.4 is 0 Å². The van der Waals surface area contributed by atoms with Gasteiger partial charge in [0.2, 0.25) is 0 Å². The van der Waals surface area contributed by atoms with E-state index in [0.717, 1.165) is 37.0 Å². The minimum atomic E-state index is -0.692. The molecule has 0 aromatic heterocycles. The van der Waals surface area contributed by atoms with E-state index in [0.29, 0.717) is 0 Å². The molecule has 32 heavy (non-hydrogen) atoms. The van der Waals surface area contributed by atoms with E-state index < -0.39 is 12.1 Å². The van der Waals surface area contributed by atoms with E-state index >= 15 is 0 Å². The lowest BCUT2D eigenvalue weighted by atomic mass is 9.96. The molecule has 2 aromatic carbocycles. The van der Waals surface area contributed by atoms with Gasteiger partial charge < -0.3 is 10.2 Å². The normalized spacial score (nSPS) is 16.2. The SMILES string of the molecule is CC.CC(O)c1ccccc1CC[C@@H](SCC1(CC(=O)O)CC1)c1cccc(/C=C/P)c1. The number of carboxylic acids is 1. The second-order valence-corrected chi connectivity index (χ2v) is 9.89. The first-order chi connectivity index (χ1) is 15.4. The molecule has 0 bridgehead atoms. The number of carboxylic acid groups (broad SMARTS) is 1. The minimum absolute atomic E-state index is 0.0240. The third-order valence-electron chi connectivity index (χ3n) is 5.83. The van der Waals surface area contributed by atoms with Crippen molar-refractivity contribution in [1.29, 1.82) is 0 Å². The van der Waals surface area contributed by atoms with Gasteiger partial charge in [-0.3, -0.25) is 4.79 Å². The van der Waals surface area contributed by atoms with E-state index in [1.165, 1.54) is 16.7 Å². The van der Waals surface area contributed by atoms with Crippen molar-refractivity contribution < 1.29 is 15.0 Å². The number of aliphatic hydroxyl groups excluding tert-OH is 1. The molecule has 3 rings (SSSR count). The van der Waals surface area contributed by atoms with Crippen molar-refractivity contribution in [2.75, 3.05) is 5.75 Å². The van der Waals surface area contributed by atoms with Gasteiger partial charge in [-0.1, -0.05) is 74.3 Å². The van der Waals surface area contributed by atoms with Gasteiger partial charge in [-0.05, 0) is 60.3 Å². The molecule has 5 heteroatoms. The summed E-state index contributed by atoms with van der Waals surface area (Å²) in [6, 6.07) is 16.7. The molecular formula is C27H37O3PS. The van der Waals surface area contributed by atoms with Crippen molar-refractivity contribution in [2.24, 2.45) is 5.41 Å². The standard InChI is InChI=1S/C25H31O3PS.C2H6/c1-18(26)22-8-3-2-6-20(22)9-10-23(21-7-4-5-19(15-21)11-14-29)30-17-25(12-13-25)16-24(27)28;1-2/h2-8,11,14-15,18,23,26H,9-10,12-13,16-17,29H2,1H3,(H,27,28);1-2H3/b14-11+;/t18?,23-;/m1./s1. The fourth-order valence-electron chi connectivity index (χ4n) is 3.92. The Hall–Kier alpha value is -1.61. The first-order valence-electron chi connectivity index (χ1n) is 11.5. The summed E-state index contributed by atoms with van der Waals surface area (Å²) < 4.78 is 0. The van der Waals surface area contributed by atoms with E-state index in [9.17, 15) is 15.0 Å². The van der Waals surface area contributed by atoms with Crippen molar-refractivity contribution in [3.05, 3.63) is 76.6 Å². The molecule has 2 N–H and O–H groups in total. The molecule has 1 fully saturated rings. The number of carbonyl (C=O) groups is 1. The predicted molar refractivity (Wildman–Crippen MR) is 141 cm³/mol. The topological polar surface area (TPSA) is 57.5 Å². The number of aryl methyl sites for hydroxylation is 1. The van der Waals surface area contributed by atoms with Gasteiger partial charge in [0.1, 0.15) is 0 Å². The van der Waals surface area contributed by atoms with E-state index in [1.54, 1.807) is 0 Å². The Morgan fingerprint density at radius 2 is 1.91 bits per heavy atom. The first-order valence-corrected chi connectivity index (χ1v) is 13.2. The Morgan fingerprint density at radius 3 is 2.53 bits per heavy atom. The molecule has 0 heterocycles. The molecule has 0 aliphatic heterocycles. The van der Waals surface area contributed by atoms with Crippen LogP contribution in [0.1, 0.15) is 80.1 Å². The number of hydrogen-bond acceptors (Lipinski definition) is 3. The monoisotopic (exact) mass is 472 g/mol. The van der Waals surface area contributed by atoms with Gasteiger partial charge in [0.15, 0.2) is 0 Å². The van der Waals surface area contributed by atoms with Gasteiger partial charge in [0, 0.05) is 11.0 Å². The van der Waals surface area contributed by atoms with Crippen LogP contribution in [0.3, 0.4) is 0 Å². The lowest BCUT2D eigenvalue weighted by Gasteiger charge is -2.22. The van der Waals surface area contributed by atoms with Gasteiger partial charge >= 0.3 is 5.97 Å². The summed E-state index contributed by atoms with van der Waals surface area (Å²) in [6.45, 7) is 5.81. The number of benzene rings is 2. The smallest absolute Gasteiger partial charge is 0.303 e. The van der Waals surface area contributed by atoms with Crippen molar-refractivity contribution in [3.63, 3.8) is 0 Å². The fourth-order valence-corrected chi connectivity index (χ4v) is 5.71.